The molecule has 1 fully saturated rings. The van der Waals surface area contributed by atoms with Gasteiger partial charge in [0.2, 0.25) is 0 Å². The second-order valence-electron chi connectivity index (χ2n) is 6.05. The molecular formula is C17H24ClN3. The van der Waals surface area contributed by atoms with Crippen LogP contribution in [0.2, 0.25) is 0 Å². The molecule has 0 N–H and O–H groups in total. The van der Waals surface area contributed by atoms with E-state index in [1.165, 1.54) is 50.0 Å². The lowest BCUT2D eigenvalue weighted by molar-refractivity contribution is 0.187. The van der Waals surface area contributed by atoms with E-state index in [9.17, 15) is 0 Å². The number of fused-ring (bicyclic) bond motifs is 1. The summed E-state index contributed by atoms with van der Waals surface area (Å²) in [6, 6.07) is 6.98. The van der Waals surface area contributed by atoms with E-state index in [-0.39, 0.29) is 0 Å². The Labute approximate surface area is 131 Å². The summed E-state index contributed by atoms with van der Waals surface area (Å²) in [6.07, 6.45) is 3.64. The van der Waals surface area contributed by atoms with E-state index in [0.29, 0.717) is 11.9 Å². The van der Waals surface area contributed by atoms with E-state index in [0.717, 1.165) is 11.3 Å². The number of aromatic nitrogens is 2. The number of aryl methyl sites for hydroxylation is 1. The van der Waals surface area contributed by atoms with Gasteiger partial charge in [-0.2, -0.15) is 0 Å². The fraction of sp³-hybridized carbons (Fsp3) is 0.588. The number of likely N-dealkylation sites (tertiary alicyclic amines) is 1. The van der Waals surface area contributed by atoms with Crippen molar-refractivity contribution in [2.45, 2.75) is 45.0 Å². The summed E-state index contributed by atoms with van der Waals surface area (Å²) in [4.78, 5) is 7.35. The molecule has 1 aliphatic heterocycles. The van der Waals surface area contributed by atoms with Crippen LogP contribution in [0.25, 0.3) is 11.0 Å². The SMILES string of the molecule is CCCN1CCC(n2c(CCl)nc3c(C)cccc32)CC1. The van der Waals surface area contributed by atoms with Gasteiger partial charge in [0.1, 0.15) is 5.82 Å². The van der Waals surface area contributed by atoms with Gasteiger partial charge < -0.3 is 9.47 Å². The second-order valence-corrected chi connectivity index (χ2v) is 6.31. The quantitative estimate of drug-likeness (QED) is 0.792. The summed E-state index contributed by atoms with van der Waals surface area (Å²) in [5.74, 6) is 1.51. The summed E-state index contributed by atoms with van der Waals surface area (Å²) in [7, 11) is 0. The molecule has 0 bridgehead atoms. The average molecular weight is 306 g/mol. The van der Waals surface area contributed by atoms with Gasteiger partial charge in [0.25, 0.3) is 0 Å². The zero-order valence-corrected chi connectivity index (χ0v) is 13.7. The van der Waals surface area contributed by atoms with E-state index in [2.05, 4.69) is 41.5 Å². The fourth-order valence-electron chi connectivity index (χ4n) is 3.52. The van der Waals surface area contributed by atoms with E-state index >= 15 is 0 Å². The zero-order chi connectivity index (χ0) is 14.8. The van der Waals surface area contributed by atoms with Crippen molar-refractivity contribution in [3.05, 3.63) is 29.6 Å². The van der Waals surface area contributed by atoms with E-state index in [1.54, 1.807) is 0 Å². The molecule has 114 valence electrons. The van der Waals surface area contributed by atoms with Crippen LogP contribution in [0.4, 0.5) is 0 Å². The number of hydrogen-bond donors (Lipinski definition) is 0. The van der Waals surface area contributed by atoms with Gasteiger partial charge in [-0.15, -0.1) is 11.6 Å². The molecule has 1 aromatic heterocycles. The van der Waals surface area contributed by atoms with Crippen molar-refractivity contribution < 1.29 is 0 Å². The largest absolute Gasteiger partial charge is 0.324 e. The molecule has 1 aromatic carbocycles. The highest BCUT2D eigenvalue weighted by atomic mass is 35.5. The second kappa shape index (κ2) is 6.37. The Morgan fingerprint density at radius 1 is 1.29 bits per heavy atom. The smallest absolute Gasteiger partial charge is 0.125 e. The predicted octanol–water partition coefficient (Wildman–Crippen LogP) is 4.13. The first-order valence-electron chi connectivity index (χ1n) is 7.99. The molecule has 0 atom stereocenters. The summed E-state index contributed by atoms with van der Waals surface area (Å²) >= 11 is 6.16. The van der Waals surface area contributed by atoms with Gasteiger partial charge in [-0.1, -0.05) is 19.1 Å². The van der Waals surface area contributed by atoms with Crippen LogP contribution in [0, 0.1) is 6.92 Å². The lowest BCUT2D eigenvalue weighted by Gasteiger charge is -2.33. The van der Waals surface area contributed by atoms with Gasteiger partial charge in [-0.05, 0) is 44.4 Å². The van der Waals surface area contributed by atoms with Crippen molar-refractivity contribution in [2.24, 2.45) is 0 Å². The summed E-state index contributed by atoms with van der Waals surface area (Å²) < 4.78 is 2.40. The third kappa shape index (κ3) is 2.82. The molecule has 0 radical (unpaired) electrons. The highest BCUT2D eigenvalue weighted by Crippen LogP contribution is 2.30. The summed E-state index contributed by atoms with van der Waals surface area (Å²) in [5, 5.41) is 0. The molecule has 3 rings (SSSR count). The van der Waals surface area contributed by atoms with Gasteiger partial charge in [-0.25, -0.2) is 4.98 Å². The van der Waals surface area contributed by atoms with E-state index < -0.39 is 0 Å². The van der Waals surface area contributed by atoms with E-state index in [4.69, 9.17) is 16.6 Å². The number of halogens is 1. The van der Waals surface area contributed by atoms with Crippen molar-refractivity contribution in [3.8, 4) is 0 Å². The predicted molar refractivity (Wildman–Crippen MR) is 89.0 cm³/mol. The number of rotatable bonds is 4. The molecule has 1 saturated heterocycles. The molecular weight excluding hydrogens is 282 g/mol. The van der Waals surface area contributed by atoms with E-state index in [1.807, 2.05) is 0 Å². The first-order valence-corrected chi connectivity index (χ1v) is 8.52. The molecule has 3 nitrogen and oxygen atoms in total. The molecule has 2 heterocycles. The molecule has 2 aromatic rings. The Morgan fingerprint density at radius 3 is 2.71 bits per heavy atom. The lowest BCUT2D eigenvalue weighted by Crippen LogP contribution is -2.35. The molecule has 0 spiro atoms. The average Bonchev–Trinajstić information content (AvgIpc) is 2.88. The maximum Gasteiger partial charge on any atom is 0.125 e. The highest BCUT2D eigenvalue weighted by Gasteiger charge is 2.24. The first-order chi connectivity index (χ1) is 10.2. The van der Waals surface area contributed by atoms with Crippen molar-refractivity contribution in [1.82, 2.24) is 14.5 Å². The molecule has 4 heteroatoms. The maximum atomic E-state index is 6.16. The number of alkyl halides is 1. The Bertz CT molecular complexity index is 612. The monoisotopic (exact) mass is 305 g/mol. The van der Waals surface area contributed by atoms with Crippen LogP contribution in [0.15, 0.2) is 18.2 Å². The maximum absolute atomic E-state index is 6.16. The highest BCUT2D eigenvalue weighted by molar-refractivity contribution is 6.16. The van der Waals surface area contributed by atoms with Gasteiger partial charge in [0.05, 0.1) is 16.9 Å². The molecule has 0 saturated carbocycles. The molecule has 21 heavy (non-hydrogen) atoms. The number of piperidine rings is 1. The number of benzene rings is 1. The Kier molecular flexibility index (Phi) is 4.51. The topological polar surface area (TPSA) is 21.1 Å². The number of imidazole rings is 1. The van der Waals surface area contributed by atoms with Crippen LogP contribution < -0.4 is 0 Å². The number of hydrogen-bond acceptors (Lipinski definition) is 2. The minimum absolute atomic E-state index is 0.489. The van der Waals surface area contributed by atoms with Crippen LogP contribution in [0.3, 0.4) is 0 Å². The Hall–Kier alpha value is -1.06. The van der Waals surface area contributed by atoms with Crippen LogP contribution in [0.1, 0.15) is 43.6 Å². The van der Waals surface area contributed by atoms with Crippen LogP contribution in [0.5, 0.6) is 0 Å². The van der Waals surface area contributed by atoms with Gasteiger partial charge in [0.15, 0.2) is 0 Å². The third-order valence-corrected chi connectivity index (χ3v) is 4.82. The third-order valence-electron chi connectivity index (χ3n) is 4.58. The summed E-state index contributed by atoms with van der Waals surface area (Å²) in [5.41, 5.74) is 3.60. The van der Waals surface area contributed by atoms with Crippen molar-refractivity contribution >= 4 is 22.6 Å². The van der Waals surface area contributed by atoms with Crippen molar-refractivity contribution in [1.29, 1.82) is 0 Å². The normalized spacial score (nSPS) is 17.7. The van der Waals surface area contributed by atoms with Crippen LogP contribution >= 0.6 is 11.6 Å². The van der Waals surface area contributed by atoms with Crippen molar-refractivity contribution in [2.75, 3.05) is 19.6 Å². The van der Waals surface area contributed by atoms with Crippen molar-refractivity contribution in [3.63, 3.8) is 0 Å². The summed E-state index contributed by atoms with van der Waals surface area (Å²) in [6.45, 7) is 7.97. The standard InChI is InChI=1S/C17H24ClN3/c1-3-9-20-10-7-14(8-11-20)21-15-6-4-5-13(2)17(15)19-16(21)12-18/h4-6,14H,3,7-12H2,1-2H3. The van der Waals surface area contributed by atoms with Gasteiger partial charge in [0, 0.05) is 19.1 Å². The molecule has 0 unspecified atom stereocenters. The lowest BCUT2D eigenvalue weighted by atomic mass is 10.0. The Morgan fingerprint density at radius 2 is 2.05 bits per heavy atom. The Balaban J connectivity index is 1.91. The molecule has 0 aliphatic carbocycles. The van der Waals surface area contributed by atoms with Crippen LogP contribution in [-0.2, 0) is 5.88 Å². The minimum atomic E-state index is 0.489. The number of para-hydroxylation sites is 1. The van der Waals surface area contributed by atoms with Crippen LogP contribution in [-0.4, -0.2) is 34.1 Å². The molecule has 0 amide bonds. The molecule has 1 aliphatic rings. The zero-order valence-electron chi connectivity index (χ0n) is 13.0. The van der Waals surface area contributed by atoms with Gasteiger partial charge in [-0.3, -0.25) is 0 Å². The minimum Gasteiger partial charge on any atom is -0.324 e. The fourth-order valence-corrected chi connectivity index (χ4v) is 3.71. The van der Waals surface area contributed by atoms with Gasteiger partial charge >= 0.3 is 0 Å². The first kappa shape index (κ1) is 14.9. The number of nitrogens with zero attached hydrogens (tertiary/aromatic N) is 3.